The fourth-order valence-electron chi connectivity index (χ4n) is 2.47. The van der Waals surface area contributed by atoms with E-state index in [0.29, 0.717) is 19.0 Å². The van der Waals surface area contributed by atoms with Crippen LogP contribution in [0.5, 0.6) is 5.75 Å². The Labute approximate surface area is 136 Å². The SMILES string of the molecule is C[C@H]1CCCN(S(=O)(=O)NCCNC(=O)c2ncccc2O)C1. The van der Waals surface area contributed by atoms with E-state index in [1.807, 2.05) is 6.92 Å². The molecule has 0 radical (unpaired) electrons. The molecule has 0 spiro atoms. The average Bonchev–Trinajstić information content (AvgIpc) is 2.52. The summed E-state index contributed by atoms with van der Waals surface area (Å²) in [5.74, 6) is -0.408. The Morgan fingerprint density at radius 1 is 1.48 bits per heavy atom. The van der Waals surface area contributed by atoms with Gasteiger partial charge in [0.25, 0.3) is 16.1 Å². The van der Waals surface area contributed by atoms with Crippen molar-refractivity contribution in [3.63, 3.8) is 0 Å². The highest BCUT2D eigenvalue weighted by atomic mass is 32.2. The van der Waals surface area contributed by atoms with E-state index >= 15 is 0 Å². The Kier molecular flexibility index (Phi) is 5.91. The molecule has 1 aromatic heterocycles. The minimum Gasteiger partial charge on any atom is -0.505 e. The molecular weight excluding hydrogens is 320 g/mol. The third-order valence-electron chi connectivity index (χ3n) is 3.66. The van der Waals surface area contributed by atoms with Crippen LogP contribution in [-0.4, -0.2) is 54.9 Å². The number of rotatable bonds is 6. The van der Waals surface area contributed by atoms with Crippen molar-refractivity contribution in [2.45, 2.75) is 19.8 Å². The second-order valence-electron chi connectivity index (χ2n) is 5.63. The number of nitrogens with one attached hydrogen (secondary N) is 2. The number of piperidine rings is 1. The summed E-state index contributed by atoms with van der Waals surface area (Å²) in [5, 5.41) is 12.0. The zero-order valence-electron chi connectivity index (χ0n) is 13.0. The van der Waals surface area contributed by atoms with E-state index in [4.69, 9.17) is 0 Å². The summed E-state index contributed by atoms with van der Waals surface area (Å²) < 4.78 is 28.2. The molecule has 1 aromatic rings. The molecule has 3 N–H and O–H groups in total. The minimum atomic E-state index is -3.52. The number of aromatic nitrogens is 1. The first-order chi connectivity index (χ1) is 10.9. The molecule has 1 fully saturated rings. The van der Waals surface area contributed by atoms with Crippen LogP contribution < -0.4 is 10.0 Å². The first-order valence-corrected chi connectivity index (χ1v) is 9.01. The molecule has 2 rings (SSSR count). The molecule has 2 heterocycles. The van der Waals surface area contributed by atoms with Crippen LogP contribution in [0.2, 0.25) is 0 Å². The maximum Gasteiger partial charge on any atom is 0.279 e. The Balaban J connectivity index is 1.78. The Hall–Kier alpha value is -1.71. The fraction of sp³-hybridized carbons (Fsp3) is 0.571. The third-order valence-corrected chi connectivity index (χ3v) is 5.24. The molecule has 1 atom stereocenters. The molecule has 23 heavy (non-hydrogen) atoms. The Morgan fingerprint density at radius 3 is 2.96 bits per heavy atom. The number of pyridine rings is 1. The van der Waals surface area contributed by atoms with E-state index in [1.54, 1.807) is 0 Å². The van der Waals surface area contributed by atoms with E-state index < -0.39 is 16.1 Å². The highest BCUT2D eigenvalue weighted by Crippen LogP contribution is 2.17. The molecule has 1 amide bonds. The number of carbonyl (C=O) groups excluding carboxylic acids is 1. The smallest absolute Gasteiger partial charge is 0.279 e. The maximum absolute atomic E-state index is 12.1. The maximum atomic E-state index is 12.1. The van der Waals surface area contributed by atoms with Gasteiger partial charge in [-0.25, -0.2) is 9.71 Å². The summed E-state index contributed by atoms with van der Waals surface area (Å²) in [7, 11) is -3.52. The summed E-state index contributed by atoms with van der Waals surface area (Å²) >= 11 is 0. The summed E-state index contributed by atoms with van der Waals surface area (Å²) in [6.07, 6.45) is 3.29. The highest BCUT2D eigenvalue weighted by Gasteiger charge is 2.26. The first kappa shape index (κ1) is 17.6. The van der Waals surface area contributed by atoms with Gasteiger partial charge in [0, 0.05) is 32.4 Å². The second-order valence-corrected chi connectivity index (χ2v) is 7.39. The first-order valence-electron chi connectivity index (χ1n) is 7.57. The number of hydrogen-bond donors (Lipinski definition) is 3. The number of nitrogens with zero attached hydrogens (tertiary/aromatic N) is 2. The van der Waals surface area contributed by atoms with Crippen molar-refractivity contribution < 1.29 is 18.3 Å². The molecule has 128 valence electrons. The van der Waals surface area contributed by atoms with Crippen LogP contribution >= 0.6 is 0 Å². The van der Waals surface area contributed by atoms with Crippen LogP contribution in [0, 0.1) is 5.92 Å². The lowest BCUT2D eigenvalue weighted by atomic mass is 10.0. The van der Waals surface area contributed by atoms with E-state index in [0.717, 1.165) is 12.8 Å². The summed E-state index contributed by atoms with van der Waals surface area (Å²) in [6, 6.07) is 2.88. The highest BCUT2D eigenvalue weighted by molar-refractivity contribution is 7.87. The van der Waals surface area contributed by atoms with Crippen molar-refractivity contribution in [2.24, 2.45) is 5.92 Å². The molecule has 1 aliphatic rings. The Morgan fingerprint density at radius 2 is 2.26 bits per heavy atom. The molecule has 0 unspecified atom stereocenters. The second kappa shape index (κ2) is 7.71. The summed E-state index contributed by atoms with van der Waals surface area (Å²) in [5.41, 5.74) is -0.0831. The lowest BCUT2D eigenvalue weighted by Gasteiger charge is -2.29. The number of hydrogen-bond acceptors (Lipinski definition) is 5. The molecule has 1 saturated heterocycles. The van der Waals surface area contributed by atoms with Gasteiger partial charge in [-0.1, -0.05) is 6.92 Å². The molecule has 1 aliphatic heterocycles. The fourth-order valence-corrected chi connectivity index (χ4v) is 3.83. The van der Waals surface area contributed by atoms with Gasteiger partial charge in [-0.05, 0) is 30.9 Å². The van der Waals surface area contributed by atoms with Crippen molar-refractivity contribution in [1.29, 1.82) is 0 Å². The van der Waals surface area contributed by atoms with Gasteiger partial charge in [0.2, 0.25) is 0 Å². The van der Waals surface area contributed by atoms with Crippen molar-refractivity contribution in [3.8, 4) is 5.75 Å². The minimum absolute atomic E-state index is 0.0759. The molecular formula is C14H22N4O4S. The normalized spacial score (nSPS) is 19.4. The van der Waals surface area contributed by atoms with E-state index in [9.17, 15) is 18.3 Å². The lowest BCUT2D eigenvalue weighted by Crippen LogP contribution is -2.47. The Bertz CT molecular complexity index is 650. The molecule has 0 aliphatic carbocycles. The van der Waals surface area contributed by atoms with Crippen LogP contribution in [0.3, 0.4) is 0 Å². The van der Waals surface area contributed by atoms with Crippen molar-refractivity contribution in [3.05, 3.63) is 24.0 Å². The summed E-state index contributed by atoms with van der Waals surface area (Å²) in [4.78, 5) is 15.6. The molecule has 9 heteroatoms. The van der Waals surface area contributed by atoms with Crippen LogP contribution in [-0.2, 0) is 10.2 Å². The monoisotopic (exact) mass is 342 g/mol. The van der Waals surface area contributed by atoms with Gasteiger partial charge in [-0.15, -0.1) is 0 Å². The summed E-state index contributed by atoms with van der Waals surface area (Å²) in [6.45, 7) is 3.25. The largest absolute Gasteiger partial charge is 0.505 e. The predicted octanol–water partition coefficient (Wildman–Crippen LogP) is 0.0833. The van der Waals surface area contributed by atoms with Crippen LogP contribution in [0.1, 0.15) is 30.3 Å². The van der Waals surface area contributed by atoms with Gasteiger partial charge >= 0.3 is 0 Å². The van der Waals surface area contributed by atoms with E-state index in [-0.39, 0.29) is 24.5 Å². The molecule has 8 nitrogen and oxygen atoms in total. The topological polar surface area (TPSA) is 112 Å². The zero-order valence-corrected chi connectivity index (χ0v) is 13.8. The average molecular weight is 342 g/mol. The van der Waals surface area contributed by atoms with Crippen molar-refractivity contribution in [2.75, 3.05) is 26.2 Å². The molecule has 0 aromatic carbocycles. The van der Waals surface area contributed by atoms with Crippen molar-refractivity contribution >= 4 is 16.1 Å². The number of carbonyl (C=O) groups is 1. The number of amides is 1. The van der Waals surface area contributed by atoms with Crippen LogP contribution in [0.15, 0.2) is 18.3 Å². The van der Waals surface area contributed by atoms with Crippen LogP contribution in [0.25, 0.3) is 0 Å². The predicted molar refractivity (Wildman–Crippen MR) is 85.1 cm³/mol. The van der Waals surface area contributed by atoms with Crippen molar-refractivity contribution in [1.82, 2.24) is 19.3 Å². The van der Waals surface area contributed by atoms with E-state index in [1.165, 1.54) is 22.6 Å². The quantitative estimate of drug-likeness (QED) is 0.634. The van der Waals surface area contributed by atoms with Gasteiger partial charge in [0.1, 0.15) is 5.75 Å². The lowest BCUT2D eigenvalue weighted by molar-refractivity contribution is 0.0946. The molecule has 0 saturated carbocycles. The van der Waals surface area contributed by atoms with Gasteiger partial charge in [0.15, 0.2) is 5.69 Å². The van der Waals surface area contributed by atoms with Gasteiger partial charge in [-0.3, -0.25) is 4.79 Å². The van der Waals surface area contributed by atoms with E-state index in [2.05, 4.69) is 15.0 Å². The van der Waals surface area contributed by atoms with Gasteiger partial charge < -0.3 is 10.4 Å². The standard InChI is InChI=1S/C14H22N4O4S/c1-11-4-3-9-18(10-11)23(21,22)17-8-7-16-14(20)13-12(19)5-2-6-15-13/h2,5-6,11,17,19H,3-4,7-10H2,1H3,(H,16,20)/t11-/m0/s1. The van der Waals surface area contributed by atoms with Gasteiger partial charge in [-0.2, -0.15) is 12.7 Å². The number of aromatic hydroxyl groups is 1. The van der Waals surface area contributed by atoms with Gasteiger partial charge in [0.05, 0.1) is 0 Å². The zero-order chi connectivity index (χ0) is 16.9. The van der Waals surface area contributed by atoms with Crippen LogP contribution in [0.4, 0.5) is 0 Å². The third kappa shape index (κ3) is 4.88. The molecule has 0 bridgehead atoms.